The Labute approximate surface area is 115 Å². The van der Waals surface area contributed by atoms with Gasteiger partial charge in [0.2, 0.25) is 0 Å². The second-order valence-electron chi connectivity index (χ2n) is 5.14. The summed E-state index contributed by atoms with van der Waals surface area (Å²) in [5.74, 6) is 1.10. The van der Waals surface area contributed by atoms with E-state index < -0.39 is 0 Å². The topological polar surface area (TPSA) is 59.1 Å². The molecule has 3 aliphatic rings. The first-order chi connectivity index (χ1) is 9.75. The number of carbonyl (C=O) groups excluding carboxylic acids is 2. The zero-order chi connectivity index (χ0) is 13.7. The summed E-state index contributed by atoms with van der Waals surface area (Å²) >= 11 is 0. The van der Waals surface area contributed by atoms with Crippen molar-refractivity contribution in [2.24, 2.45) is 0 Å². The maximum absolute atomic E-state index is 12.4. The van der Waals surface area contributed by atoms with Crippen molar-refractivity contribution < 1.29 is 19.1 Å². The molecule has 6 nitrogen and oxygen atoms in total. The van der Waals surface area contributed by atoms with Gasteiger partial charge in [-0.25, -0.2) is 9.69 Å². The van der Waals surface area contributed by atoms with Crippen LogP contribution < -0.4 is 14.4 Å². The Morgan fingerprint density at radius 2 is 1.90 bits per heavy atom. The molecule has 1 atom stereocenters. The smallest absolute Gasteiger partial charge is 0.332 e. The Balaban J connectivity index is 1.71. The molecule has 0 N–H and O–H groups in total. The van der Waals surface area contributed by atoms with Crippen LogP contribution in [-0.2, 0) is 4.79 Å². The van der Waals surface area contributed by atoms with Crippen LogP contribution >= 0.6 is 0 Å². The van der Waals surface area contributed by atoms with Crippen molar-refractivity contribution in [1.82, 2.24) is 4.90 Å². The fraction of sp³-hybridized carbons (Fsp3) is 0.429. The lowest BCUT2D eigenvalue weighted by Crippen LogP contribution is -2.33. The molecule has 0 aliphatic carbocycles. The SMILES string of the molecule is O=C1C2CCCN2C(=O)N1c1ccc2c(c1)OCCO2. The molecule has 1 aromatic carbocycles. The van der Waals surface area contributed by atoms with Crippen LogP contribution in [0.4, 0.5) is 10.5 Å². The highest BCUT2D eigenvalue weighted by molar-refractivity contribution is 6.21. The van der Waals surface area contributed by atoms with E-state index in [1.54, 1.807) is 23.1 Å². The zero-order valence-corrected chi connectivity index (χ0v) is 10.9. The van der Waals surface area contributed by atoms with Crippen molar-refractivity contribution in [3.63, 3.8) is 0 Å². The van der Waals surface area contributed by atoms with Gasteiger partial charge in [-0.05, 0) is 25.0 Å². The molecule has 1 unspecified atom stereocenters. The molecule has 0 saturated carbocycles. The van der Waals surface area contributed by atoms with Crippen LogP contribution in [0.25, 0.3) is 0 Å². The van der Waals surface area contributed by atoms with E-state index in [9.17, 15) is 9.59 Å². The van der Waals surface area contributed by atoms with Gasteiger partial charge in [-0.3, -0.25) is 4.79 Å². The van der Waals surface area contributed by atoms with Gasteiger partial charge in [0.25, 0.3) is 5.91 Å². The fourth-order valence-electron chi connectivity index (χ4n) is 3.03. The molecule has 3 aliphatic heterocycles. The number of amides is 3. The summed E-state index contributed by atoms with van der Waals surface area (Å²) in [6.45, 7) is 1.66. The maximum Gasteiger partial charge on any atom is 0.332 e. The van der Waals surface area contributed by atoms with Gasteiger partial charge < -0.3 is 14.4 Å². The molecule has 2 fully saturated rings. The number of carbonyl (C=O) groups is 2. The molecule has 0 aromatic heterocycles. The summed E-state index contributed by atoms with van der Waals surface area (Å²) in [6.07, 6.45) is 1.66. The highest BCUT2D eigenvalue weighted by atomic mass is 16.6. The lowest BCUT2D eigenvalue weighted by atomic mass is 10.2. The molecule has 6 heteroatoms. The van der Waals surface area contributed by atoms with Gasteiger partial charge in [-0.2, -0.15) is 0 Å². The van der Waals surface area contributed by atoms with Crippen molar-refractivity contribution >= 4 is 17.6 Å². The summed E-state index contributed by atoms with van der Waals surface area (Å²) in [5, 5.41) is 0. The van der Waals surface area contributed by atoms with Crippen LogP contribution in [-0.4, -0.2) is 42.6 Å². The molecule has 2 saturated heterocycles. The summed E-state index contributed by atoms with van der Waals surface area (Å²) in [4.78, 5) is 27.6. The van der Waals surface area contributed by atoms with Gasteiger partial charge >= 0.3 is 6.03 Å². The van der Waals surface area contributed by atoms with E-state index in [2.05, 4.69) is 0 Å². The van der Waals surface area contributed by atoms with Crippen LogP contribution in [0.15, 0.2) is 18.2 Å². The van der Waals surface area contributed by atoms with Gasteiger partial charge in [-0.1, -0.05) is 0 Å². The molecule has 3 amide bonds. The van der Waals surface area contributed by atoms with Gasteiger partial charge in [0.15, 0.2) is 11.5 Å². The Hall–Kier alpha value is -2.24. The second-order valence-corrected chi connectivity index (χ2v) is 5.14. The van der Waals surface area contributed by atoms with Gasteiger partial charge in [0.1, 0.15) is 19.3 Å². The third-order valence-electron chi connectivity index (χ3n) is 3.98. The van der Waals surface area contributed by atoms with E-state index >= 15 is 0 Å². The summed E-state index contributed by atoms with van der Waals surface area (Å²) in [5.41, 5.74) is 0.554. The number of rotatable bonds is 1. The number of hydrogen-bond acceptors (Lipinski definition) is 4. The van der Waals surface area contributed by atoms with Gasteiger partial charge in [-0.15, -0.1) is 0 Å². The van der Waals surface area contributed by atoms with Crippen LogP contribution in [0.3, 0.4) is 0 Å². The zero-order valence-electron chi connectivity index (χ0n) is 10.9. The number of fused-ring (bicyclic) bond motifs is 2. The van der Waals surface area contributed by atoms with E-state index in [0.29, 0.717) is 36.9 Å². The molecule has 0 radical (unpaired) electrons. The van der Waals surface area contributed by atoms with Crippen molar-refractivity contribution in [2.45, 2.75) is 18.9 Å². The van der Waals surface area contributed by atoms with E-state index in [1.165, 1.54) is 4.90 Å². The first-order valence-corrected chi connectivity index (χ1v) is 6.80. The standard InChI is InChI=1S/C14H14N2O4/c17-13-10-2-1-5-15(10)14(18)16(13)9-3-4-11-12(8-9)20-7-6-19-11/h3-4,8,10H,1-2,5-7H2. The molecule has 104 valence electrons. The molecular weight excluding hydrogens is 260 g/mol. The van der Waals surface area contributed by atoms with Crippen LogP contribution in [0.2, 0.25) is 0 Å². The quantitative estimate of drug-likeness (QED) is 0.726. The van der Waals surface area contributed by atoms with Crippen molar-refractivity contribution in [3.8, 4) is 11.5 Å². The van der Waals surface area contributed by atoms with E-state index in [-0.39, 0.29) is 18.0 Å². The lowest BCUT2D eigenvalue weighted by Gasteiger charge is -2.21. The van der Waals surface area contributed by atoms with Gasteiger partial charge in [0.05, 0.1) is 5.69 Å². The monoisotopic (exact) mass is 274 g/mol. The van der Waals surface area contributed by atoms with E-state index in [0.717, 1.165) is 12.8 Å². The number of benzene rings is 1. The first kappa shape index (κ1) is 11.6. The largest absolute Gasteiger partial charge is 0.486 e. The van der Waals surface area contributed by atoms with Crippen LogP contribution in [0, 0.1) is 0 Å². The molecular formula is C14H14N2O4. The third-order valence-corrected chi connectivity index (χ3v) is 3.98. The maximum atomic E-state index is 12.4. The molecule has 20 heavy (non-hydrogen) atoms. The highest BCUT2D eigenvalue weighted by Crippen LogP contribution is 2.37. The second kappa shape index (κ2) is 4.13. The predicted octanol–water partition coefficient (Wildman–Crippen LogP) is 1.39. The van der Waals surface area contributed by atoms with E-state index in [4.69, 9.17) is 9.47 Å². The third kappa shape index (κ3) is 1.51. The Morgan fingerprint density at radius 3 is 2.70 bits per heavy atom. The predicted molar refractivity (Wildman–Crippen MR) is 70.0 cm³/mol. The average Bonchev–Trinajstić information content (AvgIpc) is 3.04. The molecule has 3 heterocycles. The Kier molecular flexibility index (Phi) is 2.39. The number of imide groups is 1. The summed E-state index contributed by atoms with van der Waals surface area (Å²) < 4.78 is 10.9. The van der Waals surface area contributed by atoms with Crippen molar-refractivity contribution in [1.29, 1.82) is 0 Å². The van der Waals surface area contributed by atoms with Crippen LogP contribution in [0.1, 0.15) is 12.8 Å². The highest BCUT2D eigenvalue weighted by Gasteiger charge is 2.48. The molecule has 1 aromatic rings. The lowest BCUT2D eigenvalue weighted by molar-refractivity contribution is -0.119. The Morgan fingerprint density at radius 1 is 1.10 bits per heavy atom. The van der Waals surface area contributed by atoms with Crippen LogP contribution in [0.5, 0.6) is 11.5 Å². The normalized spacial score (nSPS) is 24.3. The van der Waals surface area contributed by atoms with Crippen molar-refractivity contribution in [3.05, 3.63) is 18.2 Å². The number of nitrogens with zero attached hydrogens (tertiary/aromatic N) is 2. The van der Waals surface area contributed by atoms with Gasteiger partial charge in [0, 0.05) is 12.6 Å². The average molecular weight is 274 g/mol. The number of hydrogen-bond donors (Lipinski definition) is 0. The molecule has 4 rings (SSSR count). The number of urea groups is 1. The van der Waals surface area contributed by atoms with Crippen molar-refractivity contribution in [2.75, 3.05) is 24.7 Å². The molecule has 0 bridgehead atoms. The first-order valence-electron chi connectivity index (χ1n) is 6.80. The molecule has 0 spiro atoms. The summed E-state index contributed by atoms with van der Waals surface area (Å²) in [7, 11) is 0. The minimum absolute atomic E-state index is 0.135. The minimum atomic E-state index is -0.282. The fourth-order valence-corrected chi connectivity index (χ4v) is 3.03. The summed E-state index contributed by atoms with van der Waals surface area (Å²) in [6, 6.07) is 4.66. The van der Waals surface area contributed by atoms with E-state index in [1.807, 2.05) is 0 Å². The number of anilines is 1. The number of ether oxygens (including phenoxy) is 2. The minimum Gasteiger partial charge on any atom is -0.486 e. The Bertz CT molecular complexity index is 579.